The quantitative estimate of drug-likeness (QED) is 0.447. The minimum atomic E-state index is -3.65. The van der Waals surface area contributed by atoms with Gasteiger partial charge in [0.2, 0.25) is 15.0 Å². The molecule has 1 amide bonds. The van der Waals surface area contributed by atoms with Crippen LogP contribution >= 0.6 is 11.3 Å². The average molecular weight is 472 g/mol. The van der Waals surface area contributed by atoms with Crippen molar-refractivity contribution < 1.29 is 13.2 Å². The normalized spacial score (nSPS) is 14.1. The van der Waals surface area contributed by atoms with Crippen LogP contribution < -0.4 is 0 Å². The fraction of sp³-hybridized carbons (Fsp3) is 0.417. The van der Waals surface area contributed by atoms with Crippen LogP contribution in [0.4, 0.5) is 0 Å². The molecular formula is C24H29N3O3S2. The second-order valence-electron chi connectivity index (χ2n) is 8.79. The minimum Gasteiger partial charge on any atom is -0.332 e. The van der Waals surface area contributed by atoms with Crippen molar-refractivity contribution in [3.63, 3.8) is 0 Å². The van der Waals surface area contributed by atoms with Gasteiger partial charge >= 0.3 is 0 Å². The van der Waals surface area contributed by atoms with E-state index in [0.29, 0.717) is 23.9 Å². The number of aryl methyl sites for hydroxylation is 1. The Morgan fingerprint density at radius 3 is 2.59 bits per heavy atom. The number of thiophene rings is 1. The van der Waals surface area contributed by atoms with Crippen LogP contribution in [-0.4, -0.2) is 35.3 Å². The molecule has 0 aliphatic heterocycles. The molecule has 3 aromatic rings. The Balaban J connectivity index is 1.64. The molecule has 2 aromatic heterocycles. The lowest BCUT2D eigenvalue weighted by Crippen LogP contribution is -2.33. The third-order valence-electron chi connectivity index (χ3n) is 5.79. The van der Waals surface area contributed by atoms with Gasteiger partial charge in [-0.2, -0.15) is 0 Å². The van der Waals surface area contributed by atoms with E-state index < -0.39 is 9.84 Å². The van der Waals surface area contributed by atoms with Gasteiger partial charge in [-0.3, -0.25) is 4.79 Å². The van der Waals surface area contributed by atoms with E-state index in [2.05, 4.69) is 4.98 Å². The van der Waals surface area contributed by atoms with Crippen molar-refractivity contribution in [3.8, 4) is 0 Å². The Bertz CT molecular complexity index is 1190. The van der Waals surface area contributed by atoms with Gasteiger partial charge in [0.15, 0.2) is 0 Å². The lowest BCUT2D eigenvalue weighted by molar-refractivity contribution is 0.0735. The molecule has 0 N–H and O–H groups in total. The monoisotopic (exact) mass is 471 g/mol. The number of carbonyl (C=O) groups is 1. The fourth-order valence-electron chi connectivity index (χ4n) is 3.90. The van der Waals surface area contributed by atoms with Gasteiger partial charge in [-0.05, 0) is 62.1 Å². The highest BCUT2D eigenvalue weighted by molar-refractivity contribution is 7.90. The van der Waals surface area contributed by atoms with Gasteiger partial charge in [-0.15, -0.1) is 11.3 Å². The first-order chi connectivity index (χ1) is 15.3. The first kappa shape index (κ1) is 22.7. The van der Waals surface area contributed by atoms with Crippen molar-refractivity contribution in [3.05, 3.63) is 69.7 Å². The van der Waals surface area contributed by atoms with Crippen molar-refractivity contribution in [1.29, 1.82) is 0 Å². The lowest BCUT2D eigenvalue weighted by atomic mass is 10.1. The van der Waals surface area contributed by atoms with E-state index in [9.17, 15) is 13.2 Å². The van der Waals surface area contributed by atoms with E-state index in [4.69, 9.17) is 0 Å². The first-order valence-corrected chi connectivity index (χ1v) is 13.5. The van der Waals surface area contributed by atoms with Crippen LogP contribution in [0, 0.1) is 12.8 Å². The van der Waals surface area contributed by atoms with Crippen molar-refractivity contribution in [2.45, 2.75) is 57.1 Å². The number of nitrogens with zero attached hydrogens (tertiary/aromatic N) is 3. The number of rotatable bonds is 9. The van der Waals surface area contributed by atoms with Crippen molar-refractivity contribution in [1.82, 2.24) is 14.5 Å². The van der Waals surface area contributed by atoms with Gasteiger partial charge in [-0.1, -0.05) is 30.3 Å². The smallest absolute Gasteiger partial charge is 0.264 e. The molecule has 1 fully saturated rings. The number of hydrogen-bond acceptors (Lipinski definition) is 5. The number of hydrogen-bond donors (Lipinski definition) is 0. The summed E-state index contributed by atoms with van der Waals surface area (Å²) in [5.41, 5.74) is 2.46. The number of aromatic nitrogens is 2. The molecule has 32 heavy (non-hydrogen) atoms. The maximum Gasteiger partial charge on any atom is 0.264 e. The Kier molecular flexibility index (Phi) is 6.53. The maximum absolute atomic E-state index is 13.3. The molecule has 170 valence electrons. The molecule has 0 unspecified atom stereocenters. The Morgan fingerprint density at radius 1 is 1.22 bits per heavy atom. The molecule has 1 aliphatic carbocycles. The van der Waals surface area contributed by atoms with E-state index in [1.165, 1.54) is 11.3 Å². The van der Waals surface area contributed by atoms with Crippen molar-refractivity contribution in [2.75, 3.05) is 6.54 Å². The first-order valence-electron chi connectivity index (χ1n) is 10.9. The van der Waals surface area contributed by atoms with Crippen LogP contribution in [0.25, 0.3) is 0 Å². The second-order valence-corrected chi connectivity index (χ2v) is 11.6. The molecule has 1 aliphatic rings. The third-order valence-corrected chi connectivity index (χ3v) is 8.20. The molecule has 1 saturated carbocycles. The average Bonchev–Trinajstić information content (AvgIpc) is 3.22. The number of amides is 1. The molecule has 0 atom stereocenters. The lowest BCUT2D eigenvalue weighted by Gasteiger charge is -2.24. The molecule has 4 rings (SSSR count). The molecule has 0 saturated heterocycles. The summed E-state index contributed by atoms with van der Waals surface area (Å²) in [7, 11) is -3.65. The summed E-state index contributed by atoms with van der Waals surface area (Å²) < 4.78 is 28.4. The van der Waals surface area contributed by atoms with E-state index in [0.717, 1.165) is 29.7 Å². The zero-order valence-electron chi connectivity index (χ0n) is 18.7. The highest BCUT2D eigenvalue weighted by atomic mass is 32.2. The molecule has 2 heterocycles. The van der Waals surface area contributed by atoms with Gasteiger partial charge in [0.25, 0.3) is 5.91 Å². The van der Waals surface area contributed by atoms with Crippen molar-refractivity contribution >= 4 is 27.1 Å². The molecule has 0 bridgehead atoms. The number of sulfone groups is 1. The number of benzene rings is 1. The Hall–Kier alpha value is -2.45. The van der Waals surface area contributed by atoms with Crippen LogP contribution in [0.3, 0.4) is 0 Å². The second kappa shape index (κ2) is 9.19. The molecule has 0 spiro atoms. The van der Waals surface area contributed by atoms with Crippen LogP contribution in [0.1, 0.15) is 59.2 Å². The van der Waals surface area contributed by atoms with Gasteiger partial charge in [0.05, 0.1) is 29.1 Å². The van der Waals surface area contributed by atoms with E-state index in [1.807, 2.05) is 67.4 Å². The van der Waals surface area contributed by atoms with Crippen LogP contribution in [0.15, 0.2) is 53.1 Å². The Morgan fingerprint density at radius 2 is 1.97 bits per heavy atom. The standard InChI is InChI=1S/C24H29N3O3S2/c1-17(2)27-21(15-26(14-19-10-11-19)23(28)22-9-6-12-31-22)13-25-24(27)32(29,30)16-20-8-5-4-7-18(20)3/h4-9,12-13,17,19H,10-11,14-16H2,1-3H3. The number of carbonyl (C=O) groups excluding carboxylic acids is 1. The maximum atomic E-state index is 13.3. The topological polar surface area (TPSA) is 72.3 Å². The summed E-state index contributed by atoms with van der Waals surface area (Å²) >= 11 is 1.43. The fourth-order valence-corrected chi connectivity index (χ4v) is 6.30. The molecule has 1 aromatic carbocycles. The van der Waals surface area contributed by atoms with E-state index in [-0.39, 0.29) is 22.9 Å². The summed E-state index contributed by atoms with van der Waals surface area (Å²) in [6.45, 7) is 6.84. The van der Waals surface area contributed by atoms with Gasteiger partial charge in [-0.25, -0.2) is 13.4 Å². The predicted octanol–water partition coefficient (Wildman–Crippen LogP) is 4.86. The van der Waals surface area contributed by atoms with Gasteiger partial charge in [0.1, 0.15) is 0 Å². The SMILES string of the molecule is Cc1ccccc1CS(=O)(=O)c1ncc(CN(CC2CC2)C(=O)c2cccs2)n1C(C)C. The number of imidazole rings is 1. The van der Waals surface area contributed by atoms with Gasteiger partial charge in [0, 0.05) is 12.6 Å². The van der Waals surface area contributed by atoms with E-state index in [1.54, 1.807) is 10.8 Å². The van der Waals surface area contributed by atoms with Crippen LogP contribution in [0.5, 0.6) is 0 Å². The van der Waals surface area contributed by atoms with Crippen LogP contribution in [-0.2, 0) is 22.1 Å². The third kappa shape index (κ3) is 4.96. The highest BCUT2D eigenvalue weighted by Crippen LogP contribution is 2.32. The molecule has 8 heteroatoms. The molecule has 6 nitrogen and oxygen atoms in total. The minimum absolute atomic E-state index is 0.00674. The van der Waals surface area contributed by atoms with Crippen molar-refractivity contribution in [2.24, 2.45) is 5.92 Å². The summed E-state index contributed by atoms with van der Waals surface area (Å²) in [5, 5.41) is 1.97. The largest absolute Gasteiger partial charge is 0.332 e. The Labute approximate surface area is 193 Å². The van der Waals surface area contributed by atoms with Gasteiger partial charge < -0.3 is 9.47 Å². The predicted molar refractivity (Wildman–Crippen MR) is 126 cm³/mol. The summed E-state index contributed by atoms with van der Waals surface area (Å²) in [4.78, 5) is 20.0. The highest BCUT2D eigenvalue weighted by Gasteiger charge is 2.31. The van der Waals surface area contributed by atoms with Crippen LogP contribution in [0.2, 0.25) is 0 Å². The summed E-state index contributed by atoms with van der Waals surface area (Å²) in [6, 6.07) is 11.1. The molecule has 0 radical (unpaired) electrons. The molecular weight excluding hydrogens is 442 g/mol. The summed E-state index contributed by atoms with van der Waals surface area (Å²) in [6.07, 6.45) is 3.88. The van der Waals surface area contributed by atoms with E-state index >= 15 is 0 Å². The zero-order valence-corrected chi connectivity index (χ0v) is 20.3. The zero-order chi connectivity index (χ0) is 22.9. The summed E-state index contributed by atoms with van der Waals surface area (Å²) in [5.74, 6) is 0.425.